The summed E-state index contributed by atoms with van der Waals surface area (Å²) in [7, 11) is 0. The maximum absolute atomic E-state index is 5.58. The minimum Gasteiger partial charge on any atom is -0.326 e. The number of aromatic nitrogens is 2. The second-order valence-corrected chi connectivity index (χ2v) is 3.51. The molecule has 0 aliphatic carbocycles. The standard InChI is InChI=1S/C12H14N4/c13-7-9-1-3-15-11(5-9)12-6-10(8-14)2-4-16-12/h1-6H,7-8,13-14H2. The molecule has 4 N–H and O–H groups in total. The van der Waals surface area contributed by atoms with Crippen LogP contribution >= 0.6 is 0 Å². The van der Waals surface area contributed by atoms with E-state index in [1.807, 2.05) is 24.3 Å². The maximum Gasteiger partial charge on any atom is 0.0889 e. The second-order valence-electron chi connectivity index (χ2n) is 3.51. The lowest BCUT2D eigenvalue weighted by atomic mass is 10.1. The molecule has 2 aromatic rings. The smallest absolute Gasteiger partial charge is 0.0889 e. The first-order valence-electron chi connectivity index (χ1n) is 5.14. The Morgan fingerprint density at radius 3 is 1.62 bits per heavy atom. The Labute approximate surface area is 94.3 Å². The van der Waals surface area contributed by atoms with E-state index >= 15 is 0 Å². The number of nitrogens with two attached hydrogens (primary N) is 2. The Hall–Kier alpha value is -1.78. The normalized spacial score (nSPS) is 10.4. The van der Waals surface area contributed by atoms with Crippen molar-refractivity contribution in [2.45, 2.75) is 13.1 Å². The summed E-state index contributed by atoms with van der Waals surface area (Å²) in [5.41, 5.74) is 14.9. The molecule has 0 aromatic carbocycles. The van der Waals surface area contributed by atoms with Gasteiger partial charge in [0.05, 0.1) is 11.4 Å². The first-order chi connectivity index (χ1) is 7.83. The molecule has 0 bridgehead atoms. The first-order valence-corrected chi connectivity index (χ1v) is 5.14. The lowest BCUT2D eigenvalue weighted by molar-refractivity contribution is 1.05. The summed E-state index contributed by atoms with van der Waals surface area (Å²) in [5, 5.41) is 0. The molecule has 0 radical (unpaired) electrons. The molecule has 82 valence electrons. The number of pyridine rings is 2. The lowest BCUT2D eigenvalue weighted by Crippen LogP contribution is -1.99. The minimum absolute atomic E-state index is 0.506. The zero-order valence-corrected chi connectivity index (χ0v) is 8.93. The van der Waals surface area contributed by atoms with Crippen LogP contribution in [-0.4, -0.2) is 9.97 Å². The highest BCUT2D eigenvalue weighted by atomic mass is 14.8. The van der Waals surface area contributed by atoms with Gasteiger partial charge in [-0.25, -0.2) is 0 Å². The predicted octanol–water partition coefficient (Wildman–Crippen LogP) is 1.06. The molecule has 2 heterocycles. The van der Waals surface area contributed by atoms with E-state index in [1.165, 1.54) is 0 Å². The molecular weight excluding hydrogens is 200 g/mol. The van der Waals surface area contributed by atoms with Crippen LogP contribution in [0.25, 0.3) is 11.4 Å². The fourth-order valence-corrected chi connectivity index (χ4v) is 1.48. The molecule has 0 fully saturated rings. The molecule has 0 saturated carbocycles. The highest BCUT2D eigenvalue weighted by Crippen LogP contribution is 2.16. The lowest BCUT2D eigenvalue weighted by Gasteiger charge is -2.03. The van der Waals surface area contributed by atoms with E-state index in [9.17, 15) is 0 Å². The van der Waals surface area contributed by atoms with Crippen molar-refractivity contribution in [3.63, 3.8) is 0 Å². The Kier molecular flexibility index (Phi) is 3.24. The van der Waals surface area contributed by atoms with Gasteiger partial charge in [-0.1, -0.05) is 0 Å². The van der Waals surface area contributed by atoms with Crippen molar-refractivity contribution >= 4 is 0 Å². The molecule has 4 nitrogen and oxygen atoms in total. The van der Waals surface area contributed by atoms with E-state index in [1.54, 1.807) is 12.4 Å². The molecule has 4 heteroatoms. The highest BCUT2D eigenvalue weighted by molar-refractivity contribution is 5.55. The zero-order valence-electron chi connectivity index (χ0n) is 8.93. The van der Waals surface area contributed by atoms with Crippen LogP contribution in [-0.2, 0) is 13.1 Å². The Balaban J connectivity index is 2.41. The van der Waals surface area contributed by atoms with Crippen molar-refractivity contribution in [2.75, 3.05) is 0 Å². The van der Waals surface area contributed by atoms with Gasteiger partial charge in [-0.2, -0.15) is 0 Å². The van der Waals surface area contributed by atoms with Gasteiger partial charge in [0.1, 0.15) is 0 Å². The number of hydrogen-bond acceptors (Lipinski definition) is 4. The van der Waals surface area contributed by atoms with Gasteiger partial charge in [-0.05, 0) is 35.4 Å². The van der Waals surface area contributed by atoms with Crippen molar-refractivity contribution in [1.29, 1.82) is 0 Å². The number of hydrogen-bond donors (Lipinski definition) is 2. The van der Waals surface area contributed by atoms with Crippen LogP contribution in [0, 0.1) is 0 Å². The predicted molar refractivity (Wildman–Crippen MR) is 63.3 cm³/mol. The fraction of sp³-hybridized carbons (Fsp3) is 0.167. The van der Waals surface area contributed by atoms with Crippen molar-refractivity contribution in [3.05, 3.63) is 47.8 Å². The Bertz CT molecular complexity index is 436. The summed E-state index contributed by atoms with van der Waals surface area (Å²) in [6.45, 7) is 1.01. The van der Waals surface area contributed by atoms with Crippen LogP contribution in [0.3, 0.4) is 0 Å². The summed E-state index contributed by atoms with van der Waals surface area (Å²) in [5.74, 6) is 0. The van der Waals surface area contributed by atoms with E-state index < -0.39 is 0 Å². The summed E-state index contributed by atoms with van der Waals surface area (Å²) >= 11 is 0. The van der Waals surface area contributed by atoms with E-state index in [4.69, 9.17) is 11.5 Å². The van der Waals surface area contributed by atoms with E-state index in [2.05, 4.69) is 9.97 Å². The summed E-state index contributed by atoms with van der Waals surface area (Å²) in [6, 6.07) is 7.69. The van der Waals surface area contributed by atoms with Gasteiger partial charge >= 0.3 is 0 Å². The van der Waals surface area contributed by atoms with Gasteiger partial charge in [-0.3, -0.25) is 9.97 Å². The quantitative estimate of drug-likeness (QED) is 0.800. The van der Waals surface area contributed by atoms with E-state index in [0.29, 0.717) is 13.1 Å². The van der Waals surface area contributed by atoms with Crippen LogP contribution in [0.15, 0.2) is 36.7 Å². The van der Waals surface area contributed by atoms with Crippen molar-refractivity contribution in [2.24, 2.45) is 11.5 Å². The van der Waals surface area contributed by atoms with Crippen molar-refractivity contribution in [1.82, 2.24) is 9.97 Å². The third-order valence-electron chi connectivity index (χ3n) is 2.38. The van der Waals surface area contributed by atoms with Crippen LogP contribution in [0.4, 0.5) is 0 Å². The van der Waals surface area contributed by atoms with Gasteiger partial charge in [0.2, 0.25) is 0 Å². The molecular formula is C12H14N4. The molecule has 0 aliphatic rings. The Morgan fingerprint density at radius 1 is 0.812 bits per heavy atom. The number of rotatable bonds is 3. The summed E-state index contributed by atoms with van der Waals surface area (Å²) in [6.07, 6.45) is 3.49. The molecule has 0 atom stereocenters. The molecule has 0 saturated heterocycles. The van der Waals surface area contributed by atoms with Gasteiger partial charge in [0.15, 0.2) is 0 Å². The van der Waals surface area contributed by atoms with E-state index in [0.717, 1.165) is 22.5 Å². The van der Waals surface area contributed by atoms with Crippen LogP contribution < -0.4 is 11.5 Å². The molecule has 0 amide bonds. The van der Waals surface area contributed by atoms with E-state index in [-0.39, 0.29) is 0 Å². The van der Waals surface area contributed by atoms with Gasteiger partial charge in [-0.15, -0.1) is 0 Å². The first kappa shape index (κ1) is 10.7. The molecule has 0 spiro atoms. The minimum atomic E-state index is 0.506. The molecule has 2 aromatic heterocycles. The SMILES string of the molecule is NCc1ccnc(-c2cc(CN)ccn2)c1. The summed E-state index contributed by atoms with van der Waals surface area (Å²) in [4.78, 5) is 8.55. The van der Waals surface area contributed by atoms with Crippen LogP contribution in [0.5, 0.6) is 0 Å². The monoisotopic (exact) mass is 214 g/mol. The topological polar surface area (TPSA) is 77.8 Å². The highest BCUT2D eigenvalue weighted by Gasteiger charge is 2.02. The van der Waals surface area contributed by atoms with Crippen molar-refractivity contribution < 1.29 is 0 Å². The zero-order chi connectivity index (χ0) is 11.4. The average molecular weight is 214 g/mol. The molecule has 0 aliphatic heterocycles. The third-order valence-corrected chi connectivity index (χ3v) is 2.38. The number of nitrogens with zero attached hydrogens (tertiary/aromatic N) is 2. The van der Waals surface area contributed by atoms with Crippen LogP contribution in [0.1, 0.15) is 11.1 Å². The van der Waals surface area contributed by atoms with Crippen LogP contribution in [0.2, 0.25) is 0 Å². The second kappa shape index (κ2) is 4.83. The maximum atomic E-state index is 5.58. The molecule has 16 heavy (non-hydrogen) atoms. The summed E-state index contributed by atoms with van der Waals surface area (Å²) < 4.78 is 0. The van der Waals surface area contributed by atoms with Gasteiger partial charge in [0.25, 0.3) is 0 Å². The van der Waals surface area contributed by atoms with Crippen molar-refractivity contribution in [3.8, 4) is 11.4 Å². The average Bonchev–Trinajstić information content (AvgIpc) is 2.39. The Morgan fingerprint density at radius 2 is 1.25 bits per heavy atom. The molecule has 2 rings (SSSR count). The fourth-order valence-electron chi connectivity index (χ4n) is 1.48. The molecule has 0 unspecified atom stereocenters. The van der Waals surface area contributed by atoms with Gasteiger partial charge < -0.3 is 11.5 Å². The largest absolute Gasteiger partial charge is 0.326 e. The third kappa shape index (κ3) is 2.24. The van der Waals surface area contributed by atoms with Gasteiger partial charge in [0, 0.05) is 25.5 Å².